The van der Waals surface area contributed by atoms with Crippen LogP contribution in [0.2, 0.25) is 0 Å². The highest BCUT2D eigenvalue weighted by molar-refractivity contribution is 5.49. The number of ether oxygens (including phenoxy) is 1. The fourth-order valence-electron chi connectivity index (χ4n) is 2.23. The lowest BCUT2D eigenvalue weighted by molar-refractivity contribution is 0.0790. The maximum Gasteiger partial charge on any atom is 0.133 e. The highest BCUT2D eigenvalue weighted by atomic mass is 16.5. The van der Waals surface area contributed by atoms with E-state index in [1.165, 1.54) is 12.8 Å². The van der Waals surface area contributed by atoms with Gasteiger partial charge in [0.25, 0.3) is 0 Å². The zero-order valence-corrected chi connectivity index (χ0v) is 11.3. The zero-order valence-electron chi connectivity index (χ0n) is 11.3. The van der Waals surface area contributed by atoms with Crippen LogP contribution in [0.4, 0.5) is 11.6 Å². The molecule has 2 aliphatic rings. The monoisotopic (exact) mass is 263 g/mol. The zero-order chi connectivity index (χ0) is 13.1. The molecule has 1 atom stereocenters. The summed E-state index contributed by atoms with van der Waals surface area (Å²) in [5, 5.41) is 6.85. The van der Waals surface area contributed by atoms with E-state index in [-0.39, 0.29) is 0 Å². The smallest absolute Gasteiger partial charge is 0.133 e. The van der Waals surface area contributed by atoms with E-state index in [1.807, 2.05) is 6.07 Å². The lowest BCUT2D eigenvalue weighted by Gasteiger charge is -2.28. The van der Waals surface area contributed by atoms with Gasteiger partial charge in [-0.05, 0) is 12.8 Å². The van der Waals surface area contributed by atoms with Crippen molar-refractivity contribution in [2.24, 2.45) is 0 Å². The molecule has 1 aromatic heterocycles. The maximum absolute atomic E-state index is 5.47. The quantitative estimate of drug-likeness (QED) is 0.805. The molecule has 0 spiro atoms. The van der Waals surface area contributed by atoms with Crippen molar-refractivity contribution in [2.45, 2.75) is 24.9 Å². The van der Waals surface area contributed by atoms with Crippen LogP contribution in [0.25, 0.3) is 0 Å². The van der Waals surface area contributed by atoms with Crippen LogP contribution in [0.15, 0.2) is 12.4 Å². The summed E-state index contributed by atoms with van der Waals surface area (Å²) in [6, 6.07) is 3.00. The Morgan fingerprint density at radius 1 is 1.47 bits per heavy atom. The first kappa shape index (κ1) is 12.6. The van der Waals surface area contributed by atoms with E-state index in [4.69, 9.17) is 4.74 Å². The van der Waals surface area contributed by atoms with Gasteiger partial charge >= 0.3 is 0 Å². The first-order valence-electron chi connectivity index (χ1n) is 6.92. The molecule has 3 rings (SSSR count). The summed E-state index contributed by atoms with van der Waals surface area (Å²) in [5.74, 6) is 1.87. The summed E-state index contributed by atoms with van der Waals surface area (Å²) in [6.45, 7) is 3.39. The van der Waals surface area contributed by atoms with Crippen LogP contribution in [0.3, 0.4) is 0 Å². The highest BCUT2D eigenvalue weighted by Gasteiger charge is 2.22. The van der Waals surface area contributed by atoms with Crippen molar-refractivity contribution in [1.82, 2.24) is 15.3 Å². The summed E-state index contributed by atoms with van der Waals surface area (Å²) < 4.78 is 5.47. The Kier molecular flexibility index (Phi) is 3.79. The van der Waals surface area contributed by atoms with E-state index in [0.717, 1.165) is 37.9 Å². The van der Waals surface area contributed by atoms with Crippen molar-refractivity contribution in [3.05, 3.63) is 12.4 Å². The molecule has 1 aliphatic heterocycles. The Morgan fingerprint density at radius 2 is 2.37 bits per heavy atom. The Morgan fingerprint density at radius 3 is 3.11 bits per heavy atom. The first-order valence-corrected chi connectivity index (χ1v) is 6.92. The Balaban J connectivity index is 1.59. The minimum atomic E-state index is 0.369. The molecule has 1 aliphatic carbocycles. The molecule has 2 fully saturated rings. The van der Waals surface area contributed by atoms with Crippen molar-refractivity contribution in [2.75, 3.05) is 43.6 Å². The van der Waals surface area contributed by atoms with E-state index in [2.05, 4.69) is 32.5 Å². The summed E-state index contributed by atoms with van der Waals surface area (Å²) in [5.41, 5.74) is 0. The van der Waals surface area contributed by atoms with Crippen LogP contribution in [0.5, 0.6) is 0 Å². The Bertz CT molecular complexity index is 417. The third kappa shape index (κ3) is 3.54. The molecule has 2 N–H and O–H groups in total. The van der Waals surface area contributed by atoms with Gasteiger partial charge in [-0.25, -0.2) is 9.97 Å². The summed E-state index contributed by atoms with van der Waals surface area (Å²) in [6.07, 6.45) is 4.12. The third-order valence-electron chi connectivity index (χ3n) is 3.47. The van der Waals surface area contributed by atoms with Crippen LogP contribution < -0.4 is 15.5 Å². The molecule has 1 aromatic rings. The van der Waals surface area contributed by atoms with Crippen LogP contribution >= 0.6 is 0 Å². The van der Waals surface area contributed by atoms with Crippen molar-refractivity contribution in [1.29, 1.82) is 0 Å². The molecule has 104 valence electrons. The Hall–Kier alpha value is -1.40. The molecule has 0 aromatic carbocycles. The fraction of sp³-hybridized carbons (Fsp3) is 0.692. The molecular formula is C13H21N5O. The van der Waals surface area contributed by atoms with Gasteiger partial charge in [0.1, 0.15) is 18.0 Å². The van der Waals surface area contributed by atoms with Crippen LogP contribution in [0.1, 0.15) is 12.8 Å². The third-order valence-corrected chi connectivity index (χ3v) is 3.47. The second-order valence-corrected chi connectivity index (χ2v) is 5.29. The lowest BCUT2D eigenvalue weighted by atomic mass is 10.2. The number of morpholine rings is 1. The summed E-state index contributed by atoms with van der Waals surface area (Å²) in [4.78, 5) is 10.7. The number of anilines is 2. The molecule has 1 saturated heterocycles. The predicted octanol–water partition coefficient (Wildman–Crippen LogP) is 0.476. The van der Waals surface area contributed by atoms with Crippen molar-refractivity contribution in [3.8, 4) is 0 Å². The van der Waals surface area contributed by atoms with Gasteiger partial charge in [-0.15, -0.1) is 0 Å². The van der Waals surface area contributed by atoms with Crippen LogP contribution in [0, 0.1) is 0 Å². The predicted molar refractivity (Wildman–Crippen MR) is 74.6 cm³/mol. The molecule has 1 unspecified atom stereocenters. The number of likely N-dealkylation sites (N-methyl/N-ethyl adjacent to an activating group) is 1. The van der Waals surface area contributed by atoms with Gasteiger partial charge in [0.2, 0.25) is 0 Å². The van der Waals surface area contributed by atoms with Gasteiger partial charge in [-0.2, -0.15) is 0 Å². The number of aromatic nitrogens is 2. The Labute approximate surface area is 113 Å². The van der Waals surface area contributed by atoms with Crippen molar-refractivity contribution >= 4 is 11.6 Å². The average Bonchev–Trinajstić information content (AvgIpc) is 3.24. The van der Waals surface area contributed by atoms with Gasteiger partial charge in [-0.1, -0.05) is 0 Å². The summed E-state index contributed by atoms with van der Waals surface area (Å²) in [7, 11) is 2.06. The van der Waals surface area contributed by atoms with E-state index < -0.39 is 0 Å². The van der Waals surface area contributed by atoms with Gasteiger partial charge in [0, 0.05) is 38.3 Å². The lowest BCUT2D eigenvalue weighted by Crippen LogP contribution is -2.47. The van der Waals surface area contributed by atoms with E-state index >= 15 is 0 Å². The fourth-order valence-corrected chi connectivity index (χ4v) is 2.23. The molecule has 6 nitrogen and oxygen atoms in total. The normalized spacial score (nSPS) is 23.1. The number of hydrogen-bond donors (Lipinski definition) is 2. The molecule has 0 bridgehead atoms. The largest absolute Gasteiger partial charge is 0.378 e. The number of nitrogens with zero attached hydrogens (tertiary/aromatic N) is 3. The molecule has 2 heterocycles. The number of rotatable bonds is 5. The van der Waals surface area contributed by atoms with Crippen LogP contribution in [-0.4, -0.2) is 55.4 Å². The first-order chi connectivity index (χ1) is 9.31. The van der Waals surface area contributed by atoms with E-state index in [0.29, 0.717) is 12.1 Å². The van der Waals surface area contributed by atoms with Gasteiger partial charge in [0.15, 0.2) is 0 Å². The van der Waals surface area contributed by atoms with E-state index in [9.17, 15) is 0 Å². The average molecular weight is 263 g/mol. The molecule has 6 heteroatoms. The number of hydrogen-bond acceptors (Lipinski definition) is 6. The van der Waals surface area contributed by atoms with Gasteiger partial charge < -0.3 is 20.3 Å². The van der Waals surface area contributed by atoms with E-state index in [1.54, 1.807) is 6.33 Å². The van der Waals surface area contributed by atoms with Crippen molar-refractivity contribution < 1.29 is 4.74 Å². The minimum Gasteiger partial charge on any atom is -0.378 e. The summed E-state index contributed by atoms with van der Waals surface area (Å²) >= 11 is 0. The van der Waals surface area contributed by atoms with Crippen LogP contribution in [-0.2, 0) is 4.74 Å². The highest BCUT2D eigenvalue weighted by Crippen LogP contribution is 2.24. The number of nitrogens with one attached hydrogen (secondary N) is 2. The topological polar surface area (TPSA) is 62.3 Å². The minimum absolute atomic E-state index is 0.369. The van der Waals surface area contributed by atoms with Gasteiger partial charge in [-0.3, -0.25) is 0 Å². The molecule has 0 amide bonds. The second kappa shape index (κ2) is 5.71. The molecular weight excluding hydrogens is 242 g/mol. The second-order valence-electron chi connectivity index (χ2n) is 5.29. The van der Waals surface area contributed by atoms with Gasteiger partial charge in [0.05, 0.1) is 13.2 Å². The molecule has 1 saturated carbocycles. The SMILES string of the molecule is CN(CC1COCCN1)c1cc(NC2CC2)ncn1. The van der Waals surface area contributed by atoms with Crippen molar-refractivity contribution in [3.63, 3.8) is 0 Å². The molecule has 0 radical (unpaired) electrons. The standard InChI is InChI=1S/C13H21N5O/c1-18(7-11-8-19-5-4-14-11)13-6-12(15-9-16-13)17-10-2-3-10/h6,9-11,14H,2-5,7-8H2,1H3,(H,15,16,17). The maximum atomic E-state index is 5.47. The molecule has 19 heavy (non-hydrogen) atoms.